The molecule has 0 saturated heterocycles. The quantitative estimate of drug-likeness (QED) is 0.685. The van der Waals surface area contributed by atoms with E-state index in [0.29, 0.717) is 23.1 Å². The molecule has 2 heterocycles. The van der Waals surface area contributed by atoms with Gasteiger partial charge in [-0.2, -0.15) is 4.98 Å². The maximum Gasteiger partial charge on any atom is 0.258 e. The van der Waals surface area contributed by atoms with Crippen LogP contribution in [0.15, 0.2) is 47.4 Å². The molecule has 88 valence electrons. The Kier molecular flexibility index (Phi) is 2.45. The number of benzene rings is 1. The number of anilines is 1. The molecule has 0 fully saturated rings. The van der Waals surface area contributed by atoms with Crippen LogP contribution in [-0.2, 0) is 0 Å². The third kappa shape index (κ3) is 1.91. The summed E-state index contributed by atoms with van der Waals surface area (Å²) in [7, 11) is 0. The maximum atomic E-state index is 5.70. The Morgan fingerprint density at radius 3 is 2.89 bits per heavy atom. The highest BCUT2D eigenvalue weighted by molar-refractivity contribution is 5.61. The average Bonchev–Trinajstić information content (AvgIpc) is 2.89. The Hall–Kier alpha value is -2.76. The number of nitrogens with two attached hydrogens (primary N) is 1. The lowest BCUT2D eigenvalue weighted by molar-refractivity contribution is 0.432. The number of nitrogens with zero attached hydrogens (tertiary/aromatic N) is 4. The maximum absolute atomic E-state index is 5.70. The lowest BCUT2D eigenvalue weighted by Crippen LogP contribution is -1.87. The summed E-state index contributed by atoms with van der Waals surface area (Å²) in [5.41, 5.74) is 7.75. The van der Waals surface area contributed by atoms with Crippen LogP contribution < -0.4 is 5.73 Å². The van der Waals surface area contributed by atoms with Crippen molar-refractivity contribution in [3.63, 3.8) is 0 Å². The van der Waals surface area contributed by atoms with E-state index in [1.54, 1.807) is 24.4 Å². The molecule has 0 aliphatic heterocycles. The van der Waals surface area contributed by atoms with E-state index in [1.165, 1.54) is 6.33 Å². The van der Waals surface area contributed by atoms with E-state index in [-0.39, 0.29) is 0 Å². The number of aromatic nitrogens is 4. The normalized spacial score (nSPS) is 10.4. The van der Waals surface area contributed by atoms with Gasteiger partial charge >= 0.3 is 0 Å². The Morgan fingerprint density at radius 1 is 1.17 bits per heavy atom. The molecule has 6 heteroatoms. The Morgan fingerprint density at radius 2 is 2.11 bits per heavy atom. The van der Waals surface area contributed by atoms with Gasteiger partial charge in [0, 0.05) is 17.4 Å². The predicted molar refractivity (Wildman–Crippen MR) is 65.2 cm³/mol. The van der Waals surface area contributed by atoms with E-state index in [0.717, 1.165) is 5.56 Å². The van der Waals surface area contributed by atoms with Crippen molar-refractivity contribution in [2.45, 2.75) is 0 Å². The molecule has 0 atom stereocenters. The zero-order chi connectivity index (χ0) is 12.4. The fourth-order valence-corrected chi connectivity index (χ4v) is 1.54. The summed E-state index contributed by atoms with van der Waals surface area (Å²) in [6.07, 6.45) is 3.06. The van der Waals surface area contributed by atoms with E-state index in [4.69, 9.17) is 10.3 Å². The van der Waals surface area contributed by atoms with Gasteiger partial charge in [0.25, 0.3) is 5.89 Å². The molecule has 0 spiro atoms. The molecule has 0 saturated carbocycles. The van der Waals surface area contributed by atoms with Crippen LogP contribution in [0.4, 0.5) is 5.69 Å². The summed E-state index contributed by atoms with van der Waals surface area (Å²) < 4.78 is 5.18. The van der Waals surface area contributed by atoms with E-state index < -0.39 is 0 Å². The average molecular weight is 239 g/mol. The lowest BCUT2D eigenvalue weighted by atomic mass is 10.2. The Balaban J connectivity index is 2.00. The van der Waals surface area contributed by atoms with Crippen LogP contribution in [0.5, 0.6) is 0 Å². The van der Waals surface area contributed by atoms with Gasteiger partial charge in [-0.1, -0.05) is 11.2 Å². The van der Waals surface area contributed by atoms with Crippen molar-refractivity contribution >= 4 is 5.69 Å². The summed E-state index contributed by atoms with van der Waals surface area (Å²) in [5, 5.41) is 3.88. The van der Waals surface area contributed by atoms with Crippen LogP contribution in [0.2, 0.25) is 0 Å². The molecular formula is C12H9N5O. The first-order valence-corrected chi connectivity index (χ1v) is 5.29. The molecule has 3 rings (SSSR count). The second kappa shape index (κ2) is 4.25. The number of hydrogen-bond donors (Lipinski definition) is 1. The van der Waals surface area contributed by atoms with E-state index in [9.17, 15) is 0 Å². The van der Waals surface area contributed by atoms with Crippen LogP contribution in [-0.4, -0.2) is 20.1 Å². The van der Waals surface area contributed by atoms with Gasteiger partial charge in [-0.05, 0) is 24.3 Å². The Labute approximate surface area is 103 Å². The van der Waals surface area contributed by atoms with Crippen molar-refractivity contribution < 1.29 is 4.52 Å². The van der Waals surface area contributed by atoms with Crippen molar-refractivity contribution in [1.82, 2.24) is 20.1 Å². The first-order valence-electron chi connectivity index (χ1n) is 5.29. The van der Waals surface area contributed by atoms with Crippen molar-refractivity contribution in [1.29, 1.82) is 0 Å². The number of hydrogen-bond acceptors (Lipinski definition) is 6. The zero-order valence-corrected chi connectivity index (χ0v) is 9.32. The second-order valence-electron chi connectivity index (χ2n) is 3.64. The van der Waals surface area contributed by atoms with E-state index >= 15 is 0 Å². The lowest BCUT2D eigenvalue weighted by Gasteiger charge is -1.95. The molecule has 0 bridgehead atoms. The molecule has 6 nitrogen and oxygen atoms in total. The van der Waals surface area contributed by atoms with Crippen LogP contribution in [0.3, 0.4) is 0 Å². The standard InChI is InChI=1S/C12H9N5O/c13-9-3-1-2-8(6-9)12-16-11(17-18-12)10-4-5-14-7-15-10/h1-7H,13H2. The van der Waals surface area contributed by atoms with Gasteiger partial charge in [0.05, 0.1) is 0 Å². The van der Waals surface area contributed by atoms with Crippen molar-refractivity contribution in [3.05, 3.63) is 42.9 Å². The molecule has 0 radical (unpaired) electrons. The molecule has 1 aromatic carbocycles. The minimum Gasteiger partial charge on any atom is -0.399 e. The molecule has 3 aromatic rings. The van der Waals surface area contributed by atoms with Crippen LogP contribution >= 0.6 is 0 Å². The highest BCUT2D eigenvalue weighted by Crippen LogP contribution is 2.22. The van der Waals surface area contributed by atoms with Gasteiger partial charge in [-0.15, -0.1) is 0 Å². The topological polar surface area (TPSA) is 90.7 Å². The van der Waals surface area contributed by atoms with Gasteiger partial charge in [-0.25, -0.2) is 9.97 Å². The number of nitrogen functional groups attached to an aromatic ring is 1. The highest BCUT2D eigenvalue weighted by Gasteiger charge is 2.11. The second-order valence-corrected chi connectivity index (χ2v) is 3.64. The van der Waals surface area contributed by atoms with Gasteiger partial charge in [0.1, 0.15) is 12.0 Å². The molecular weight excluding hydrogens is 230 g/mol. The van der Waals surface area contributed by atoms with Gasteiger partial charge in [-0.3, -0.25) is 0 Å². The largest absolute Gasteiger partial charge is 0.399 e. The van der Waals surface area contributed by atoms with Crippen molar-refractivity contribution in [2.75, 3.05) is 5.73 Å². The minimum atomic E-state index is 0.413. The SMILES string of the molecule is Nc1cccc(-c2nc(-c3ccncn3)no2)c1. The molecule has 0 amide bonds. The monoisotopic (exact) mass is 239 g/mol. The van der Waals surface area contributed by atoms with Crippen molar-refractivity contribution in [3.8, 4) is 23.0 Å². The van der Waals surface area contributed by atoms with Crippen LogP contribution in [0.1, 0.15) is 0 Å². The fraction of sp³-hybridized carbons (Fsp3) is 0. The predicted octanol–water partition coefficient (Wildman–Crippen LogP) is 1.78. The Bertz CT molecular complexity index is 665. The van der Waals surface area contributed by atoms with Gasteiger partial charge < -0.3 is 10.3 Å². The molecule has 0 unspecified atom stereocenters. The van der Waals surface area contributed by atoms with E-state index in [1.807, 2.05) is 12.1 Å². The summed E-state index contributed by atoms with van der Waals surface area (Å²) in [6.45, 7) is 0. The zero-order valence-electron chi connectivity index (χ0n) is 9.32. The smallest absolute Gasteiger partial charge is 0.258 e. The third-order valence-electron chi connectivity index (χ3n) is 2.37. The third-order valence-corrected chi connectivity index (χ3v) is 2.37. The van der Waals surface area contributed by atoms with Crippen LogP contribution in [0, 0.1) is 0 Å². The molecule has 0 aliphatic carbocycles. The highest BCUT2D eigenvalue weighted by atomic mass is 16.5. The molecule has 0 aliphatic rings. The minimum absolute atomic E-state index is 0.413. The summed E-state index contributed by atoms with van der Waals surface area (Å²) in [6, 6.07) is 8.98. The molecule has 2 N–H and O–H groups in total. The van der Waals surface area contributed by atoms with Gasteiger partial charge in [0.2, 0.25) is 5.82 Å². The van der Waals surface area contributed by atoms with Crippen molar-refractivity contribution in [2.24, 2.45) is 0 Å². The molecule has 2 aromatic heterocycles. The van der Waals surface area contributed by atoms with Crippen LogP contribution in [0.25, 0.3) is 23.0 Å². The fourth-order valence-electron chi connectivity index (χ4n) is 1.54. The summed E-state index contributed by atoms with van der Waals surface area (Å²) in [4.78, 5) is 12.2. The first kappa shape index (κ1) is 10.4. The summed E-state index contributed by atoms with van der Waals surface area (Å²) in [5.74, 6) is 0.839. The first-order chi connectivity index (χ1) is 8.83. The summed E-state index contributed by atoms with van der Waals surface area (Å²) >= 11 is 0. The number of rotatable bonds is 2. The van der Waals surface area contributed by atoms with E-state index in [2.05, 4.69) is 20.1 Å². The molecule has 18 heavy (non-hydrogen) atoms. The van der Waals surface area contributed by atoms with Gasteiger partial charge in [0.15, 0.2) is 0 Å².